The summed E-state index contributed by atoms with van der Waals surface area (Å²) in [7, 11) is 0. The molecule has 122 valence electrons. The van der Waals surface area contributed by atoms with Gasteiger partial charge in [-0.3, -0.25) is 4.79 Å². The van der Waals surface area contributed by atoms with E-state index in [1.165, 1.54) is 5.56 Å². The first-order chi connectivity index (χ1) is 11.8. The summed E-state index contributed by atoms with van der Waals surface area (Å²) in [5, 5.41) is 12.5. The van der Waals surface area contributed by atoms with Crippen LogP contribution in [-0.2, 0) is 11.3 Å². The summed E-state index contributed by atoms with van der Waals surface area (Å²) in [5.74, 6) is 0.105. The first-order valence-electron chi connectivity index (χ1n) is 8.08. The van der Waals surface area contributed by atoms with Crippen LogP contribution < -0.4 is 0 Å². The summed E-state index contributed by atoms with van der Waals surface area (Å²) in [6.07, 6.45) is 3.93. The van der Waals surface area contributed by atoms with Crippen molar-refractivity contribution >= 4 is 17.2 Å². The standard InChI is InChI=1S/C18H18N4OS/c23-18(22-9-4-7-17(22)15-8-10-24-13-15)12-21-11-16(19-20-21)14-5-2-1-3-6-14/h1-3,5-6,8,10-11,13,17H,4,7,9,12H2. The maximum absolute atomic E-state index is 12.7. The Morgan fingerprint density at radius 3 is 2.92 bits per heavy atom. The molecule has 1 fully saturated rings. The number of rotatable bonds is 4. The number of nitrogens with zero attached hydrogens (tertiary/aromatic N) is 4. The lowest BCUT2D eigenvalue weighted by atomic mass is 10.1. The SMILES string of the molecule is O=C(Cn1cc(-c2ccccc2)nn1)N1CCCC1c1ccsc1. The van der Waals surface area contributed by atoms with Crippen molar-refractivity contribution in [2.24, 2.45) is 0 Å². The van der Waals surface area contributed by atoms with E-state index in [0.29, 0.717) is 0 Å². The predicted molar refractivity (Wildman–Crippen MR) is 93.5 cm³/mol. The van der Waals surface area contributed by atoms with Crippen molar-refractivity contribution in [3.63, 3.8) is 0 Å². The monoisotopic (exact) mass is 338 g/mol. The molecule has 3 heterocycles. The van der Waals surface area contributed by atoms with E-state index in [-0.39, 0.29) is 18.5 Å². The summed E-state index contributed by atoms with van der Waals surface area (Å²) < 4.78 is 1.63. The van der Waals surface area contributed by atoms with Crippen molar-refractivity contribution in [2.75, 3.05) is 6.54 Å². The zero-order chi connectivity index (χ0) is 16.4. The molecule has 1 atom stereocenters. The number of carbonyl (C=O) groups is 1. The second-order valence-corrected chi connectivity index (χ2v) is 6.75. The van der Waals surface area contributed by atoms with E-state index in [0.717, 1.165) is 30.6 Å². The lowest BCUT2D eigenvalue weighted by Gasteiger charge is -2.24. The van der Waals surface area contributed by atoms with Crippen LogP contribution >= 0.6 is 11.3 Å². The van der Waals surface area contributed by atoms with Gasteiger partial charge in [-0.2, -0.15) is 11.3 Å². The third kappa shape index (κ3) is 2.97. The van der Waals surface area contributed by atoms with E-state index in [9.17, 15) is 4.79 Å². The third-order valence-electron chi connectivity index (χ3n) is 4.41. The number of hydrogen-bond acceptors (Lipinski definition) is 4. The fourth-order valence-electron chi connectivity index (χ4n) is 3.22. The second-order valence-electron chi connectivity index (χ2n) is 5.97. The third-order valence-corrected chi connectivity index (χ3v) is 5.11. The molecular formula is C18H18N4OS. The van der Waals surface area contributed by atoms with E-state index in [1.807, 2.05) is 41.4 Å². The van der Waals surface area contributed by atoms with Gasteiger partial charge in [-0.25, -0.2) is 4.68 Å². The molecule has 6 heteroatoms. The van der Waals surface area contributed by atoms with Crippen molar-refractivity contribution in [3.8, 4) is 11.3 Å². The van der Waals surface area contributed by atoms with Gasteiger partial charge < -0.3 is 4.90 Å². The summed E-state index contributed by atoms with van der Waals surface area (Å²) in [6.45, 7) is 1.06. The maximum atomic E-state index is 12.7. The molecule has 0 N–H and O–H groups in total. The molecule has 0 radical (unpaired) electrons. The van der Waals surface area contributed by atoms with Gasteiger partial charge in [0.05, 0.1) is 12.2 Å². The molecule has 0 bridgehead atoms. The van der Waals surface area contributed by atoms with Crippen LogP contribution in [0.2, 0.25) is 0 Å². The molecule has 1 unspecified atom stereocenters. The minimum atomic E-state index is 0.105. The van der Waals surface area contributed by atoms with Crippen molar-refractivity contribution in [3.05, 3.63) is 58.9 Å². The van der Waals surface area contributed by atoms with Crippen LogP contribution in [0, 0.1) is 0 Å². The van der Waals surface area contributed by atoms with E-state index >= 15 is 0 Å². The first kappa shape index (κ1) is 15.1. The van der Waals surface area contributed by atoms with Crippen LogP contribution in [0.5, 0.6) is 0 Å². The Balaban J connectivity index is 1.47. The molecule has 0 saturated carbocycles. The van der Waals surface area contributed by atoms with Crippen LogP contribution in [0.15, 0.2) is 53.4 Å². The second kappa shape index (κ2) is 6.57. The zero-order valence-corrected chi connectivity index (χ0v) is 14.0. The van der Waals surface area contributed by atoms with Gasteiger partial charge in [-0.1, -0.05) is 35.5 Å². The van der Waals surface area contributed by atoms with Crippen LogP contribution in [0.4, 0.5) is 0 Å². The van der Waals surface area contributed by atoms with Crippen LogP contribution in [0.1, 0.15) is 24.4 Å². The predicted octanol–water partition coefficient (Wildman–Crippen LogP) is 3.37. The molecule has 0 spiro atoms. The summed E-state index contributed by atoms with van der Waals surface area (Å²) in [4.78, 5) is 14.7. The van der Waals surface area contributed by atoms with Gasteiger partial charge >= 0.3 is 0 Å². The Labute approximate surface area is 144 Å². The number of likely N-dealkylation sites (tertiary alicyclic amines) is 1. The van der Waals surface area contributed by atoms with Gasteiger partial charge in [0.15, 0.2) is 0 Å². The van der Waals surface area contributed by atoms with E-state index in [4.69, 9.17) is 0 Å². The first-order valence-corrected chi connectivity index (χ1v) is 9.02. The van der Waals surface area contributed by atoms with Gasteiger partial charge in [-0.05, 0) is 35.2 Å². The minimum Gasteiger partial charge on any atom is -0.334 e. The normalized spacial score (nSPS) is 17.3. The van der Waals surface area contributed by atoms with E-state index in [1.54, 1.807) is 16.0 Å². The molecule has 24 heavy (non-hydrogen) atoms. The lowest BCUT2D eigenvalue weighted by Crippen LogP contribution is -2.33. The van der Waals surface area contributed by atoms with Crippen LogP contribution in [-0.4, -0.2) is 32.3 Å². The van der Waals surface area contributed by atoms with E-state index in [2.05, 4.69) is 27.1 Å². The lowest BCUT2D eigenvalue weighted by molar-refractivity contribution is -0.133. The highest BCUT2D eigenvalue weighted by Crippen LogP contribution is 2.33. The van der Waals surface area contributed by atoms with Gasteiger partial charge in [0.2, 0.25) is 5.91 Å². The zero-order valence-electron chi connectivity index (χ0n) is 13.2. The molecule has 2 aromatic heterocycles. The van der Waals surface area contributed by atoms with Gasteiger partial charge in [0.1, 0.15) is 12.2 Å². The smallest absolute Gasteiger partial charge is 0.244 e. The Bertz CT molecular complexity index is 813. The summed E-state index contributed by atoms with van der Waals surface area (Å²) in [5.41, 5.74) is 3.04. The van der Waals surface area contributed by atoms with Crippen molar-refractivity contribution in [1.82, 2.24) is 19.9 Å². The Morgan fingerprint density at radius 1 is 1.25 bits per heavy atom. The molecule has 4 rings (SSSR count). The average Bonchev–Trinajstić information content (AvgIpc) is 3.36. The number of aromatic nitrogens is 3. The number of thiophene rings is 1. The number of amides is 1. The van der Waals surface area contributed by atoms with Gasteiger partial charge in [0, 0.05) is 12.1 Å². The molecule has 1 aliphatic rings. The Morgan fingerprint density at radius 2 is 2.12 bits per heavy atom. The topological polar surface area (TPSA) is 51.0 Å². The van der Waals surface area contributed by atoms with Crippen molar-refractivity contribution in [1.29, 1.82) is 0 Å². The van der Waals surface area contributed by atoms with Gasteiger partial charge in [-0.15, -0.1) is 5.10 Å². The summed E-state index contributed by atoms with van der Waals surface area (Å²) in [6, 6.07) is 12.2. The van der Waals surface area contributed by atoms with Crippen molar-refractivity contribution in [2.45, 2.75) is 25.4 Å². The minimum absolute atomic E-state index is 0.105. The molecular weight excluding hydrogens is 320 g/mol. The highest BCUT2D eigenvalue weighted by atomic mass is 32.1. The van der Waals surface area contributed by atoms with E-state index < -0.39 is 0 Å². The molecule has 3 aromatic rings. The Kier molecular flexibility index (Phi) is 4.13. The fourth-order valence-corrected chi connectivity index (χ4v) is 3.93. The molecule has 1 aromatic carbocycles. The number of carbonyl (C=O) groups excluding carboxylic acids is 1. The summed E-state index contributed by atoms with van der Waals surface area (Å²) >= 11 is 1.68. The largest absolute Gasteiger partial charge is 0.334 e. The van der Waals surface area contributed by atoms with Crippen LogP contribution in [0.25, 0.3) is 11.3 Å². The molecule has 1 aliphatic heterocycles. The average molecular weight is 338 g/mol. The number of hydrogen-bond donors (Lipinski definition) is 0. The fraction of sp³-hybridized carbons (Fsp3) is 0.278. The highest BCUT2D eigenvalue weighted by molar-refractivity contribution is 7.07. The highest BCUT2D eigenvalue weighted by Gasteiger charge is 2.30. The molecule has 1 amide bonds. The van der Waals surface area contributed by atoms with Crippen molar-refractivity contribution < 1.29 is 4.79 Å². The maximum Gasteiger partial charge on any atom is 0.244 e. The molecule has 1 saturated heterocycles. The number of benzene rings is 1. The van der Waals surface area contributed by atoms with Crippen LogP contribution in [0.3, 0.4) is 0 Å². The quantitative estimate of drug-likeness (QED) is 0.733. The van der Waals surface area contributed by atoms with Gasteiger partial charge in [0.25, 0.3) is 0 Å². The molecule has 5 nitrogen and oxygen atoms in total. The molecule has 0 aliphatic carbocycles. The Hall–Kier alpha value is -2.47.